The van der Waals surface area contributed by atoms with E-state index in [-0.39, 0.29) is 17.4 Å². The first-order chi connectivity index (χ1) is 18.2. The number of carbonyl (C=O) groups excluding carboxylic acids is 2. The zero-order valence-corrected chi connectivity index (χ0v) is 21.3. The minimum absolute atomic E-state index is 0.0278. The highest BCUT2D eigenvalue weighted by Crippen LogP contribution is 2.32. The van der Waals surface area contributed by atoms with Crippen molar-refractivity contribution < 1.29 is 28.4 Å². The van der Waals surface area contributed by atoms with Crippen LogP contribution in [0.2, 0.25) is 0 Å². The van der Waals surface area contributed by atoms with E-state index < -0.39 is 22.3 Å². The van der Waals surface area contributed by atoms with E-state index in [0.29, 0.717) is 48.7 Å². The van der Waals surface area contributed by atoms with Crippen LogP contribution in [0.4, 0.5) is 15.8 Å². The maximum Gasteiger partial charge on any atom is 0.273 e. The molecule has 2 amide bonds. The first-order valence-corrected chi connectivity index (χ1v) is 12.1. The number of piperidine rings is 1. The van der Waals surface area contributed by atoms with Gasteiger partial charge in [0.2, 0.25) is 0 Å². The van der Waals surface area contributed by atoms with E-state index in [1.165, 1.54) is 7.11 Å². The van der Waals surface area contributed by atoms with Crippen molar-refractivity contribution >= 4 is 23.2 Å². The quantitative estimate of drug-likeness (QED) is 0.332. The van der Waals surface area contributed by atoms with Gasteiger partial charge in [0.05, 0.1) is 25.2 Å². The summed E-state index contributed by atoms with van der Waals surface area (Å²) >= 11 is 0. The summed E-state index contributed by atoms with van der Waals surface area (Å²) in [6.07, 6.45) is 1.39. The van der Waals surface area contributed by atoms with E-state index in [0.717, 1.165) is 29.3 Å². The third kappa shape index (κ3) is 5.74. The van der Waals surface area contributed by atoms with Gasteiger partial charge < -0.3 is 19.7 Å². The summed E-state index contributed by atoms with van der Waals surface area (Å²) < 4.78 is 24.4. The fraction of sp³-hybridized carbons (Fsp3) is 0.286. The lowest BCUT2D eigenvalue weighted by Crippen LogP contribution is -2.38. The lowest BCUT2D eigenvalue weighted by atomic mass is 9.89. The van der Waals surface area contributed by atoms with Crippen LogP contribution >= 0.6 is 0 Å². The molecular weight excluding hydrogens is 493 g/mol. The number of amides is 2. The number of benzene rings is 3. The molecular formula is C28H28FN3O6. The summed E-state index contributed by atoms with van der Waals surface area (Å²) in [5.41, 5.74) is 2.49. The van der Waals surface area contributed by atoms with E-state index in [2.05, 4.69) is 5.32 Å². The minimum atomic E-state index is -0.814. The lowest BCUT2D eigenvalue weighted by molar-refractivity contribution is -0.385. The van der Waals surface area contributed by atoms with Gasteiger partial charge in [0.25, 0.3) is 17.5 Å². The molecule has 3 aromatic carbocycles. The number of nitro groups is 1. The van der Waals surface area contributed by atoms with Gasteiger partial charge in [-0.15, -0.1) is 0 Å². The Bertz CT molecular complexity index is 1370. The zero-order chi connectivity index (χ0) is 27.4. The van der Waals surface area contributed by atoms with Crippen molar-refractivity contribution in [1.82, 2.24) is 4.90 Å². The molecule has 198 valence electrons. The van der Waals surface area contributed by atoms with Gasteiger partial charge in [-0.05, 0) is 67.1 Å². The van der Waals surface area contributed by atoms with Crippen LogP contribution in [-0.2, 0) is 0 Å². The van der Waals surface area contributed by atoms with Crippen molar-refractivity contribution in [3.63, 3.8) is 0 Å². The number of methoxy groups -OCH3 is 2. The smallest absolute Gasteiger partial charge is 0.273 e. The SMILES string of the molecule is COc1cc(C)c(C(=O)Nc2ccc(C3CCN(C(=O)c4cc(F)cc([N+](=O)[O-])c4)CC3)cc2)cc1OC. The number of hydrogen-bond donors (Lipinski definition) is 1. The van der Waals surface area contributed by atoms with Gasteiger partial charge in [-0.25, -0.2) is 4.39 Å². The van der Waals surface area contributed by atoms with Crippen LogP contribution in [-0.4, -0.2) is 48.9 Å². The van der Waals surface area contributed by atoms with Gasteiger partial charge >= 0.3 is 0 Å². The van der Waals surface area contributed by atoms with E-state index >= 15 is 0 Å². The molecule has 0 bridgehead atoms. The molecule has 0 unspecified atom stereocenters. The van der Waals surface area contributed by atoms with Crippen molar-refractivity contribution in [2.45, 2.75) is 25.7 Å². The van der Waals surface area contributed by atoms with Crippen LogP contribution in [0.3, 0.4) is 0 Å². The first-order valence-electron chi connectivity index (χ1n) is 12.1. The Kier molecular flexibility index (Phi) is 7.90. The molecule has 1 aliphatic heterocycles. The molecule has 4 rings (SSSR count). The Morgan fingerprint density at radius 2 is 1.63 bits per heavy atom. The van der Waals surface area contributed by atoms with Gasteiger partial charge in [0, 0.05) is 36.0 Å². The average molecular weight is 522 g/mol. The number of nitrogens with one attached hydrogen (secondary N) is 1. The third-order valence-electron chi connectivity index (χ3n) is 6.74. The fourth-order valence-electron chi connectivity index (χ4n) is 4.66. The maximum absolute atomic E-state index is 13.8. The predicted octanol–water partition coefficient (Wildman–Crippen LogP) is 5.33. The molecule has 1 fully saturated rings. The van der Waals surface area contributed by atoms with Gasteiger partial charge in [0.1, 0.15) is 5.82 Å². The number of nitrogens with zero attached hydrogens (tertiary/aromatic N) is 2. The van der Waals surface area contributed by atoms with Gasteiger partial charge in [0.15, 0.2) is 11.5 Å². The standard InChI is InChI=1S/C28H28FN3O6/c1-17-12-25(37-2)26(38-3)16-24(17)27(33)30-22-6-4-18(5-7-22)19-8-10-31(11-9-19)28(34)20-13-21(29)15-23(14-20)32(35)36/h4-7,12-16,19H,8-11H2,1-3H3,(H,30,33). The minimum Gasteiger partial charge on any atom is -0.493 e. The fourth-order valence-corrected chi connectivity index (χ4v) is 4.66. The second-order valence-electron chi connectivity index (χ2n) is 9.12. The number of hydrogen-bond acceptors (Lipinski definition) is 6. The highest BCUT2D eigenvalue weighted by atomic mass is 19.1. The average Bonchev–Trinajstić information content (AvgIpc) is 2.92. The lowest BCUT2D eigenvalue weighted by Gasteiger charge is -2.32. The van der Waals surface area contributed by atoms with E-state index in [1.54, 1.807) is 24.1 Å². The van der Waals surface area contributed by atoms with Gasteiger partial charge in [-0.3, -0.25) is 19.7 Å². The van der Waals surface area contributed by atoms with Crippen LogP contribution in [0.15, 0.2) is 54.6 Å². The molecule has 1 aliphatic rings. The number of likely N-dealkylation sites (tertiary alicyclic amines) is 1. The van der Waals surface area contributed by atoms with Crippen LogP contribution in [0.1, 0.15) is 50.6 Å². The van der Waals surface area contributed by atoms with Crippen molar-refractivity contribution in [3.8, 4) is 11.5 Å². The van der Waals surface area contributed by atoms with E-state index in [1.807, 2.05) is 31.2 Å². The molecule has 0 atom stereocenters. The molecule has 0 radical (unpaired) electrons. The van der Waals surface area contributed by atoms with Crippen LogP contribution in [0.5, 0.6) is 11.5 Å². The third-order valence-corrected chi connectivity index (χ3v) is 6.74. The Hall–Kier alpha value is -4.47. The summed E-state index contributed by atoms with van der Waals surface area (Å²) in [5, 5.41) is 13.9. The number of anilines is 1. The molecule has 0 saturated carbocycles. The molecule has 3 aromatic rings. The molecule has 1 saturated heterocycles. The number of non-ortho nitro benzene ring substituents is 1. The number of halogens is 1. The number of nitro benzene ring substituents is 1. The van der Waals surface area contributed by atoms with Crippen LogP contribution in [0, 0.1) is 22.9 Å². The first kappa shape index (κ1) is 26.6. The largest absolute Gasteiger partial charge is 0.493 e. The molecule has 0 spiro atoms. The molecule has 38 heavy (non-hydrogen) atoms. The highest BCUT2D eigenvalue weighted by Gasteiger charge is 2.26. The Morgan fingerprint density at radius 3 is 2.24 bits per heavy atom. The summed E-state index contributed by atoms with van der Waals surface area (Å²) in [6, 6.07) is 13.9. The molecule has 1 heterocycles. The zero-order valence-electron chi connectivity index (χ0n) is 21.3. The molecule has 9 nitrogen and oxygen atoms in total. The molecule has 0 aromatic heterocycles. The summed E-state index contributed by atoms with van der Waals surface area (Å²) in [6.45, 7) is 2.72. The summed E-state index contributed by atoms with van der Waals surface area (Å²) in [7, 11) is 3.06. The van der Waals surface area contributed by atoms with Crippen molar-refractivity contribution in [2.75, 3.05) is 32.6 Å². The van der Waals surface area contributed by atoms with E-state index in [9.17, 15) is 24.1 Å². The number of rotatable bonds is 7. The van der Waals surface area contributed by atoms with Gasteiger partial charge in [-0.1, -0.05) is 12.1 Å². The number of carbonyl (C=O) groups is 2. The van der Waals surface area contributed by atoms with Crippen LogP contribution < -0.4 is 14.8 Å². The molecule has 10 heteroatoms. The molecule has 1 N–H and O–H groups in total. The highest BCUT2D eigenvalue weighted by molar-refractivity contribution is 6.05. The normalized spacial score (nSPS) is 13.6. The Morgan fingerprint density at radius 1 is 1.00 bits per heavy atom. The number of ether oxygens (including phenoxy) is 2. The monoisotopic (exact) mass is 521 g/mol. The van der Waals surface area contributed by atoms with Gasteiger partial charge in [-0.2, -0.15) is 0 Å². The second-order valence-corrected chi connectivity index (χ2v) is 9.12. The second kappa shape index (κ2) is 11.3. The van der Waals surface area contributed by atoms with Crippen molar-refractivity contribution in [1.29, 1.82) is 0 Å². The molecule has 0 aliphatic carbocycles. The summed E-state index contributed by atoms with van der Waals surface area (Å²) in [4.78, 5) is 37.6. The van der Waals surface area contributed by atoms with Crippen molar-refractivity contribution in [3.05, 3.63) is 92.8 Å². The predicted molar refractivity (Wildman–Crippen MR) is 140 cm³/mol. The van der Waals surface area contributed by atoms with Crippen molar-refractivity contribution in [2.24, 2.45) is 0 Å². The van der Waals surface area contributed by atoms with Crippen LogP contribution in [0.25, 0.3) is 0 Å². The maximum atomic E-state index is 13.8. The summed E-state index contributed by atoms with van der Waals surface area (Å²) in [5.74, 6) is -0.269. The topological polar surface area (TPSA) is 111 Å². The van der Waals surface area contributed by atoms with E-state index in [4.69, 9.17) is 9.47 Å². The Balaban J connectivity index is 1.37. The Labute approximate surface area is 219 Å². The number of aryl methyl sites for hydroxylation is 1.